The minimum Gasteiger partial charge on any atom is -0.268 e. The Morgan fingerprint density at radius 1 is 0.708 bits per heavy atom. The number of nitrogens with zero attached hydrogens (tertiary/aromatic N) is 1. The molecule has 0 bridgehead atoms. The second kappa shape index (κ2) is 6.58. The van der Waals surface area contributed by atoms with E-state index >= 15 is 0 Å². The van der Waals surface area contributed by atoms with Crippen LogP contribution < -0.4 is 4.90 Å². The van der Waals surface area contributed by atoms with Gasteiger partial charge in [0.1, 0.15) is 5.03 Å². The molecule has 0 spiro atoms. The molecule has 3 nitrogen and oxygen atoms in total. The van der Waals surface area contributed by atoms with Gasteiger partial charge in [-0.25, -0.2) is 4.90 Å². The van der Waals surface area contributed by atoms with Crippen molar-refractivity contribution in [2.24, 2.45) is 0 Å². The molecule has 0 unspecified atom stereocenters. The maximum Gasteiger partial charge on any atom is 0.277 e. The summed E-state index contributed by atoms with van der Waals surface area (Å²) in [6, 6.07) is 8.96. The summed E-state index contributed by atoms with van der Waals surface area (Å²) in [7, 11) is 0. The highest BCUT2D eigenvalue weighted by Crippen LogP contribution is 2.39. The topological polar surface area (TPSA) is 37.4 Å². The smallest absolute Gasteiger partial charge is 0.268 e. The molecule has 0 atom stereocenters. The molecule has 3 rings (SSSR count). The Balaban J connectivity index is 2.09. The number of imide groups is 1. The lowest BCUT2D eigenvalue weighted by Crippen LogP contribution is -2.31. The number of halogens is 5. The maximum atomic E-state index is 12.8. The van der Waals surface area contributed by atoms with Crippen molar-refractivity contribution in [3.05, 3.63) is 67.1 Å². The van der Waals surface area contributed by atoms with Gasteiger partial charge in [0.15, 0.2) is 0 Å². The normalized spacial score (nSPS) is 14.8. The van der Waals surface area contributed by atoms with Crippen LogP contribution in [0.2, 0.25) is 20.1 Å². The van der Waals surface area contributed by atoms with Crippen LogP contribution in [-0.2, 0) is 9.59 Å². The zero-order valence-electron chi connectivity index (χ0n) is 11.6. The van der Waals surface area contributed by atoms with Gasteiger partial charge < -0.3 is 0 Å². The van der Waals surface area contributed by atoms with Crippen LogP contribution in [0.3, 0.4) is 0 Å². The molecule has 1 aliphatic heterocycles. The van der Waals surface area contributed by atoms with Gasteiger partial charge in [0.25, 0.3) is 11.8 Å². The number of rotatable bonds is 2. The summed E-state index contributed by atoms with van der Waals surface area (Å²) in [6.45, 7) is 0. The van der Waals surface area contributed by atoms with Crippen molar-refractivity contribution in [2.75, 3.05) is 4.90 Å². The third-order valence-corrected chi connectivity index (χ3v) is 5.03. The highest BCUT2D eigenvalue weighted by atomic mass is 35.5. The van der Waals surface area contributed by atoms with E-state index in [2.05, 4.69) is 0 Å². The predicted octanol–water partition coefficient (Wildman–Crippen LogP) is 5.82. The molecule has 2 aromatic rings. The van der Waals surface area contributed by atoms with Crippen LogP contribution in [0.4, 0.5) is 5.69 Å². The average molecular weight is 421 g/mol. The summed E-state index contributed by atoms with van der Waals surface area (Å²) in [5.41, 5.74) is 0.596. The number of anilines is 1. The Kier molecular flexibility index (Phi) is 4.82. The lowest BCUT2D eigenvalue weighted by atomic mass is 10.1. The molecule has 2 amide bonds. The van der Waals surface area contributed by atoms with Crippen molar-refractivity contribution in [3.8, 4) is 0 Å². The molecule has 0 radical (unpaired) electrons. The van der Waals surface area contributed by atoms with E-state index in [1.807, 2.05) is 0 Å². The molecule has 0 saturated heterocycles. The second-order valence-corrected chi connectivity index (χ2v) is 6.89. The van der Waals surface area contributed by atoms with E-state index < -0.39 is 11.8 Å². The van der Waals surface area contributed by atoms with E-state index in [9.17, 15) is 9.59 Å². The fourth-order valence-electron chi connectivity index (χ4n) is 2.29. The molecular formula is C16H6Cl5NO2. The second-order valence-electron chi connectivity index (χ2n) is 4.86. The van der Waals surface area contributed by atoms with Gasteiger partial charge in [-0.2, -0.15) is 0 Å². The van der Waals surface area contributed by atoms with Gasteiger partial charge in [0.2, 0.25) is 0 Å². The SMILES string of the molecule is O=C1C(Cl)=C(c2ccc(Cl)cc2Cl)C(=O)N1c1ccc(Cl)c(Cl)c1. The van der Waals surface area contributed by atoms with Crippen LogP contribution in [0.15, 0.2) is 41.4 Å². The van der Waals surface area contributed by atoms with Crippen LogP contribution >= 0.6 is 58.0 Å². The van der Waals surface area contributed by atoms with Crippen LogP contribution in [0, 0.1) is 0 Å². The Bertz CT molecular complexity index is 923. The standard InChI is InChI=1S/C16H6Cl5NO2/c17-7-1-3-9(11(19)5-7)13-14(21)16(24)22(15(13)23)8-2-4-10(18)12(20)6-8/h1-6H. The quantitative estimate of drug-likeness (QED) is 0.573. The number of carbonyl (C=O) groups excluding carboxylic acids is 2. The summed E-state index contributed by atoms with van der Waals surface area (Å²) >= 11 is 29.9. The minimum atomic E-state index is -0.666. The molecule has 1 heterocycles. The summed E-state index contributed by atoms with van der Waals surface area (Å²) in [6.07, 6.45) is 0. The molecule has 0 N–H and O–H groups in total. The van der Waals surface area contributed by atoms with Gasteiger partial charge in [0.05, 0.1) is 26.3 Å². The maximum absolute atomic E-state index is 12.8. The Morgan fingerprint density at radius 3 is 2.04 bits per heavy atom. The van der Waals surface area contributed by atoms with Crippen molar-refractivity contribution < 1.29 is 9.59 Å². The highest BCUT2D eigenvalue weighted by Gasteiger charge is 2.40. The molecule has 0 saturated carbocycles. The van der Waals surface area contributed by atoms with Crippen molar-refractivity contribution >= 4 is 81.1 Å². The lowest BCUT2D eigenvalue weighted by molar-refractivity contribution is -0.119. The van der Waals surface area contributed by atoms with Crippen LogP contribution in [0.5, 0.6) is 0 Å². The molecule has 0 aromatic heterocycles. The predicted molar refractivity (Wildman–Crippen MR) is 98.2 cm³/mol. The first kappa shape index (κ1) is 17.6. The summed E-state index contributed by atoms with van der Waals surface area (Å²) in [5, 5.41) is 0.907. The van der Waals surface area contributed by atoms with Gasteiger partial charge in [-0.15, -0.1) is 0 Å². The van der Waals surface area contributed by atoms with Gasteiger partial charge in [-0.1, -0.05) is 64.1 Å². The first-order valence-electron chi connectivity index (χ1n) is 6.50. The number of benzene rings is 2. The number of hydrogen-bond acceptors (Lipinski definition) is 2. The molecule has 8 heteroatoms. The largest absolute Gasteiger partial charge is 0.277 e. The Morgan fingerprint density at radius 2 is 1.42 bits per heavy atom. The van der Waals surface area contributed by atoms with Gasteiger partial charge in [-0.05, 0) is 30.3 Å². The zero-order chi connectivity index (χ0) is 17.6. The fraction of sp³-hybridized carbons (Fsp3) is 0. The van der Waals surface area contributed by atoms with E-state index in [4.69, 9.17) is 58.0 Å². The summed E-state index contributed by atoms with van der Waals surface area (Å²) < 4.78 is 0. The fourth-order valence-corrected chi connectivity index (χ4v) is 3.35. The van der Waals surface area contributed by atoms with E-state index in [-0.39, 0.29) is 26.3 Å². The van der Waals surface area contributed by atoms with Gasteiger partial charge in [0, 0.05) is 10.6 Å². The van der Waals surface area contributed by atoms with E-state index in [1.54, 1.807) is 6.07 Å². The van der Waals surface area contributed by atoms with E-state index in [0.29, 0.717) is 15.6 Å². The van der Waals surface area contributed by atoms with Crippen molar-refractivity contribution in [2.45, 2.75) is 0 Å². The molecule has 2 aromatic carbocycles. The molecule has 1 aliphatic rings. The Labute approximate surface area is 162 Å². The summed E-state index contributed by atoms with van der Waals surface area (Å²) in [5.74, 6) is -1.27. The van der Waals surface area contributed by atoms with Crippen LogP contribution in [0.1, 0.15) is 5.56 Å². The van der Waals surface area contributed by atoms with E-state index in [1.165, 1.54) is 30.3 Å². The van der Waals surface area contributed by atoms with Crippen molar-refractivity contribution in [1.82, 2.24) is 0 Å². The first-order valence-corrected chi connectivity index (χ1v) is 8.39. The van der Waals surface area contributed by atoms with Gasteiger partial charge in [-0.3, -0.25) is 9.59 Å². The van der Waals surface area contributed by atoms with Gasteiger partial charge >= 0.3 is 0 Å². The minimum absolute atomic E-state index is 0.00871. The lowest BCUT2D eigenvalue weighted by Gasteiger charge is -2.15. The molecular weight excluding hydrogens is 415 g/mol. The monoisotopic (exact) mass is 419 g/mol. The average Bonchev–Trinajstić information content (AvgIpc) is 2.73. The molecule has 0 fully saturated rings. The number of carbonyl (C=O) groups is 2. The van der Waals surface area contributed by atoms with E-state index in [0.717, 1.165) is 4.90 Å². The molecule has 122 valence electrons. The number of amides is 2. The third kappa shape index (κ3) is 2.92. The summed E-state index contributed by atoms with van der Waals surface area (Å²) in [4.78, 5) is 26.1. The zero-order valence-corrected chi connectivity index (χ0v) is 15.4. The molecule has 0 aliphatic carbocycles. The number of hydrogen-bond donors (Lipinski definition) is 0. The Hall–Kier alpha value is -1.23. The first-order chi connectivity index (χ1) is 11.3. The highest BCUT2D eigenvalue weighted by molar-refractivity contribution is 6.61. The van der Waals surface area contributed by atoms with Crippen molar-refractivity contribution in [1.29, 1.82) is 0 Å². The van der Waals surface area contributed by atoms with Crippen molar-refractivity contribution in [3.63, 3.8) is 0 Å². The molecule has 24 heavy (non-hydrogen) atoms. The van der Waals surface area contributed by atoms with Crippen LogP contribution in [-0.4, -0.2) is 11.8 Å². The van der Waals surface area contributed by atoms with Crippen LogP contribution in [0.25, 0.3) is 5.57 Å². The third-order valence-electron chi connectivity index (χ3n) is 3.39.